The van der Waals surface area contributed by atoms with E-state index in [0.29, 0.717) is 0 Å². The van der Waals surface area contributed by atoms with E-state index in [9.17, 15) is 9.59 Å². The molecule has 0 spiro atoms. The number of hydrogen-bond donors (Lipinski definition) is 4. The van der Waals surface area contributed by atoms with Crippen LogP contribution in [0.25, 0.3) is 0 Å². The average molecular weight is 202 g/mol. The topological polar surface area (TPSA) is 98.7 Å². The van der Waals surface area contributed by atoms with E-state index >= 15 is 0 Å². The molecule has 1 fully saturated rings. The van der Waals surface area contributed by atoms with E-state index in [1.165, 1.54) is 0 Å². The molecule has 1 rings (SSSR count). The summed E-state index contributed by atoms with van der Waals surface area (Å²) in [5.41, 5.74) is -0.141. The fourth-order valence-corrected chi connectivity index (χ4v) is 0.907. The summed E-state index contributed by atoms with van der Waals surface area (Å²) in [4.78, 5) is 21.3. The third-order valence-corrected chi connectivity index (χ3v) is 2.16. The normalized spacial score (nSPS) is 19.6. The van der Waals surface area contributed by atoms with Crippen molar-refractivity contribution in [3.63, 3.8) is 0 Å². The Bertz CT molecular complexity index is 250. The highest BCUT2D eigenvalue weighted by atomic mass is 16.4. The fourth-order valence-electron chi connectivity index (χ4n) is 0.907. The van der Waals surface area contributed by atoms with Crippen LogP contribution in [0.5, 0.6) is 0 Å². The van der Waals surface area contributed by atoms with E-state index in [-0.39, 0.29) is 12.1 Å². The predicted octanol–water partition coefficient (Wildman–Crippen LogP) is -0.716. The van der Waals surface area contributed by atoms with Crippen molar-refractivity contribution in [1.82, 2.24) is 10.6 Å². The van der Waals surface area contributed by atoms with Crippen molar-refractivity contribution in [3.05, 3.63) is 0 Å². The summed E-state index contributed by atoms with van der Waals surface area (Å²) in [5, 5.41) is 22.1. The molecule has 0 aromatic rings. The fraction of sp³-hybridized carbons (Fsp3) is 0.750. The number of hydrogen-bond acceptors (Lipinski definition) is 3. The SMILES string of the molecule is CC1(NC(=O)NCC(O)C(=O)O)CC1. The second-order valence-corrected chi connectivity index (χ2v) is 3.75. The van der Waals surface area contributed by atoms with Gasteiger partial charge in [-0.1, -0.05) is 0 Å². The van der Waals surface area contributed by atoms with Crippen LogP contribution in [0, 0.1) is 0 Å². The van der Waals surface area contributed by atoms with Gasteiger partial charge in [0, 0.05) is 5.54 Å². The van der Waals surface area contributed by atoms with E-state index in [1.54, 1.807) is 0 Å². The Morgan fingerprint density at radius 1 is 1.50 bits per heavy atom. The smallest absolute Gasteiger partial charge is 0.334 e. The van der Waals surface area contributed by atoms with Crippen molar-refractivity contribution in [2.24, 2.45) is 0 Å². The molecule has 0 heterocycles. The van der Waals surface area contributed by atoms with Crippen molar-refractivity contribution in [2.75, 3.05) is 6.54 Å². The van der Waals surface area contributed by atoms with E-state index in [1.807, 2.05) is 6.92 Å². The average Bonchev–Trinajstić information content (AvgIpc) is 2.78. The van der Waals surface area contributed by atoms with Gasteiger partial charge in [-0.15, -0.1) is 0 Å². The Morgan fingerprint density at radius 3 is 2.50 bits per heavy atom. The molecule has 1 saturated carbocycles. The van der Waals surface area contributed by atoms with Gasteiger partial charge in [0.05, 0.1) is 6.54 Å². The summed E-state index contributed by atoms with van der Waals surface area (Å²) in [6.07, 6.45) is 0.317. The Hall–Kier alpha value is -1.30. The van der Waals surface area contributed by atoms with Crippen LogP contribution in [-0.2, 0) is 4.79 Å². The molecule has 80 valence electrons. The number of carbonyl (C=O) groups excluding carboxylic acids is 1. The molecule has 2 amide bonds. The summed E-state index contributed by atoms with van der Waals surface area (Å²) < 4.78 is 0. The molecular formula is C8H14N2O4. The number of nitrogens with one attached hydrogen (secondary N) is 2. The molecule has 1 unspecified atom stereocenters. The minimum absolute atomic E-state index is 0.141. The summed E-state index contributed by atoms with van der Waals surface area (Å²) in [6, 6.07) is -0.440. The molecule has 0 bridgehead atoms. The van der Waals surface area contributed by atoms with Crippen molar-refractivity contribution in [2.45, 2.75) is 31.4 Å². The molecule has 14 heavy (non-hydrogen) atoms. The zero-order chi connectivity index (χ0) is 10.8. The monoisotopic (exact) mass is 202 g/mol. The highest BCUT2D eigenvalue weighted by Gasteiger charge is 2.38. The van der Waals surface area contributed by atoms with Gasteiger partial charge in [0.15, 0.2) is 6.10 Å². The van der Waals surface area contributed by atoms with Gasteiger partial charge in [-0.05, 0) is 19.8 Å². The largest absolute Gasteiger partial charge is 0.479 e. The van der Waals surface area contributed by atoms with Crippen LogP contribution in [0.1, 0.15) is 19.8 Å². The molecule has 1 aliphatic rings. The minimum Gasteiger partial charge on any atom is -0.479 e. The van der Waals surface area contributed by atoms with Gasteiger partial charge in [-0.3, -0.25) is 0 Å². The number of aliphatic carboxylic acids is 1. The maximum atomic E-state index is 11.1. The van der Waals surface area contributed by atoms with E-state index in [4.69, 9.17) is 10.2 Å². The lowest BCUT2D eigenvalue weighted by Gasteiger charge is -2.13. The molecule has 0 aliphatic heterocycles. The predicted molar refractivity (Wildman–Crippen MR) is 47.8 cm³/mol. The molecule has 0 saturated heterocycles. The maximum absolute atomic E-state index is 11.1. The van der Waals surface area contributed by atoms with Crippen LogP contribution in [0.2, 0.25) is 0 Å². The van der Waals surface area contributed by atoms with Crippen LogP contribution in [0.4, 0.5) is 4.79 Å². The zero-order valence-corrected chi connectivity index (χ0v) is 7.91. The quantitative estimate of drug-likeness (QED) is 0.483. The Kier molecular flexibility index (Phi) is 2.95. The number of carbonyl (C=O) groups is 2. The maximum Gasteiger partial charge on any atom is 0.334 e. The van der Waals surface area contributed by atoms with E-state index in [0.717, 1.165) is 12.8 Å². The highest BCUT2D eigenvalue weighted by molar-refractivity contribution is 5.77. The summed E-state index contributed by atoms with van der Waals surface area (Å²) >= 11 is 0. The summed E-state index contributed by atoms with van der Waals surface area (Å²) in [5.74, 6) is -1.34. The lowest BCUT2D eigenvalue weighted by atomic mass is 10.3. The van der Waals surface area contributed by atoms with Gasteiger partial charge in [0.2, 0.25) is 0 Å². The summed E-state index contributed by atoms with van der Waals surface area (Å²) in [7, 11) is 0. The zero-order valence-electron chi connectivity index (χ0n) is 7.91. The van der Waals surface area contributed by atoms with E-state index < -0.39 is 18.1 Å². The van der Waals surface area contributed by atoms with Crippen LogP contribution in [0.15, 0.2) is 0 Å². The molecule has 1 atom stereocenters. The second-order valence-electron chi connectivity index (χ2n) is 3.75. The molecular weight excluding hydrogens is 188 g/mol. The third-order valence-electron chi connectivity index (χ3n) is 2.16. The molecule has 6 heteroatoms. The van der Waals surface area contributed by atoms with Crippen LogP contribution in [-0.4, -0.2) is 40.4 Å². The first-order valence-corrected chi connectivity index (χ1v) is 4.40. The van der Waals surface area contributed by atoms with Gasteiger partial charge >= 0.3 is 12.0 Å². The number of amides is 2. The first-order valence-electron chi connectivity index (χ1n) is 4.40. The molecule has 4 N–H and O–H groups in total. The van der Waals surface area contributed by atoms with Crippen LogP contribution >= 0.6 is 0 Å². The number of carboxylic acid groups (broad SMARTS) is 1. The van der Waals surface area contributed by atoms with Crippen molar-refractivity contribution in [3.8, 4) is 0 Å². The molecule has 6 nitrogen and oxygen atoms in total. The third kappa shape index (κ3) is 3.21. The number of aliphatic hydroxyl groups excluding tert-OH is 1. The molecule has 1 aliphatic carbocycles. The Labute approximate surface area is 81.3 Å². The number of carboxylic acids is 1. The van der Waals surface area contributed by atoms with Crippen LogP contribution < -0.4 is 10.6 Å². The second kappa shape index (κ2) is 3.83. The lowest BCUT2D eigenvalue weighted by Crippen LogP contribution is -2.45. The minimum atomic E-state index is -1.55. The Morgan fingerprint density at radius 2 is 2.07 bits per heavy atom. The first kappa shape index (κ1) is 10.8. The number of rotatable bonds is 4. The van der Waals surface area contributed by atoms with Crippen molar-refractivity contribution in [1.29, 1.82) is 0 Å². The molecule has 0 aromatic heterocycles. The van der Waals surface area contributed by atoms with Crippen molar-refractivity contribution < 1.29 is 19.8 Å². The van der Waals surface area contributed by atoms with Crippen LogP contribution in [0.3, 0.4) is 0 Å². The van der Waals surface area contributed by atoms with Gasteiger partial charge in [0.1, 0.15) is 0 Å². The van der Waals surface area contributed by atoms with Gasteiger partial charge in [0.25, 0.3) is 0 Å². The van der Waals surface area contributed by atoms with E-state index in [2.05, 4.69) is 10.6 Å². The molecule has 0 aromatic carbocycles. The summed E-state index contributed by atoms with van der Waals surface area (Å²) in [6.45, 7) is 1.62. The van der Waals surface area contributed by atoms with Gasteiger partial charge in [-0.25, -0.2) is 9.59 Å². The number of aliphatic hydroxyl groups is 1. The highest BCUT2D eigenvalue weighted by Crippen LogP contribution is 2.33. The lowest BCUT2D eigenvalue weighted by molar-refractivity contribution is -0.146. The Balaban J connectivity index is 2.18. The number of urea groups is 1. The van der Waals surface area contributed by atoms with Gasteiger partial charge in [-0.2, -0.15) is 0 Å². The molecule has 0 radical (unpaired) electrons. The van der Waals surface area contributed by atoms with Gasteiger partial charge < -0.3 is 20.8 Å². The van der Waals surface area contributed by atoms with Crippen molar-refractivity contribution >= 4 is 12.0 Å². The standard InChI is InChI=1S/C8H14N2O4/c1-8(2-3-8)10-7(14)9-4-5(11)6(12)13/h5,11H,2-4H2,1H3,(H,12,13)(H2,9,10,14). The first-order chi connectivity index (χ1) is 6.43.